The maximum atomic E-state index is 12.8. The van der Waals surface area contributed by atoms with Crippen LogP contribution in [0.25, 0.3) is 10.9 Å². The number of nitrogens with zero attached hydrogens (tertiary/aromatic N) is 1. The van der Waals surface area contributed by atoms with Crippen molar-refractivity contribution in [1.82, 2.24) is 10.3 Å². The van der Waals surface area contributed by atoms with Crippen LogP contribution in [0.2, 0.25) is 0 Å². The van der Waals surface area contributed by atoms with E-state index in [-0.39, 0.29) is 11.8 Å². The van der Waals surface area contributed by atoms with E-state index in [0.717, 1.165) is 22.2 Å². The lowest BCUT2D eigenvalue weighted by Crippen LogP contribution is -2.18. The molecule has 2 aromatic carbocycles. The SMILES string of the molecule is CNC(=O)c1cccc(NC(=O)c2cc(C)nc3ccc(C)cc23)c1. The third-order valence-corrected chi connectivity index (χ3v) is 3.95. The molecule has 2 amide bonds. The van der Waals surface area contributed by atoms with Crippen molar-refractivity contribution in [1.29, 1.82) is 0 Å². The molecule has 2 N–H and O–H groups in total. The van der Waals surface area contributed by atoms with Crippen LogP contribution >= 0.6 is 0 Å². The number of carbonyl (C=O) groups is 2. The van der Waals surface area contributed by atoms with E-state index in [1.807, 2.05) is 32.0 Å². The maximum Gasteiger partial charge on any atom is 0.256 e. The zero-order valence-corrected chi connectivity index (χ0v) is 14.4. The van der Waals surface area contributed by atoms with Gasteiger partial charge in [-0.2, -0.15) is 0 Å². The third-order valence-electron chi connectivity index (χ3n) is 3.95. The fraction of sp³-hybridized carbons (Fsp3) is 0.150. The molecular formula is C20H19N3O2. The van der Waals surface area contributed by atoms with Gasteiger partial charge in [-0.25, -0.2) is 0 Å². The van der Waals surface area contributed by atoms with Gasteiger partial charge in [0.2, 0.25) is 0 Å². The Morgan fingerprint density at radius 2 is 1.76 bits per heavy atom. The number of anilines is 1. The van der Waals surface area contributed by atoms with E-state index in [4.69, 9.17) is 0 Å². The summed E-state index contributed by atoms with van der Waals surface area (Å²) in [5.41, 5.74) is 4.26. The van der Waals surface area contributed by atoms with Gasteiger partial charge in [0.05, 0.1) is 11.1 Å². The summed E-state index contributed by atoms with van der Waals surface area (Å²) in [5, 5.41) is 6.25. The van der Waals surface area contributed by atoms with Crippen LogP contribution in [-0.2, 0) is 0 Å². The Bertz CT molecular complexity index is 980. The number of carbonyl (C=O) groups excluding carboxylic acids is 2. The number of nitrogens with one attached hydrogen (secondary N) is 2. The fourth-order valence-corrected chi connectivity index (χ4v) is 2.74. The third kappa shape index (κ3) is 3.50. The molecule has 0 saturated heterocycles. The Morgan fingerprint density at radius 3 is 2.52 bits per heavy atom. The van der Waals surface area contributed by atoms with E-state index in [2.05, 4.69) is 15.6 Å². The summed E-state index contributed by atoms with van der Waals surface area (Å²) in [6.07, 6.45) is 0. The first-order chi connectivity index (χ1) is 12.0. The van der Waals surface area contributed by atoms with Gasteiger partial charge in [0, 0.05) is 29.4 Å². The first-order valence-electron chi connectivity index (χ1n) is 7.99. The lowest BCUT2D eigenvalue weighted by Gasteiger charge is -2.10. The van der Waals surface area contributed by atoms with Crippen LogP contribution in [0.1, 0.15) is 32.0 Å². The second kappa shape index (κ2) is 6.73. The van der Waals surface area contributed by atoms with Crippen molar-refractivity contribution >= 4 is 28.4 Å². The Hall–Kier alpha value is -3.21. The number of hydrogen-bond acceptors (Lipinski definition) is 3. The summed E-state index contributed by atoms with van der Waals surface area (Å²) in [6, 6.07) is 14.5. The van der Waals surface area contributed by atoms with Crippen molar-refractivity contribution in [3.05, 3.63) is 70.9 Å². The number of pyridine rings is 1. The molecule has 1 heterocycles. The predicted octanol–water partition coefficient (Wildman–Crippen LogP) is 3.46. The average Bonchev–Trinajstić information content (AvgIpc) is 2.60. The minimum absolute atomic E-state index is 0.197. The molecule has 0 saturated carbocycles. The smallest absolute Gasteiger partial charge is 0.256 e. The predicted molar refractivity (Wildman–Crippen MR) is 99.0 cm³/mol. The topological polar surface area (TPSA) is 71.1 Å². The molecule has 5 nitrogen and oxygen atoms in total. The van der Waals surface area contributed by atoms with E-state index < -0.39 is 0 Å². The molecule has 0 radical (unpaired) electrons. The normalized spacial score (nSPS) is 10.5. The molecule has 0 fully saturated rings. The highest BCUT2D eigenvalue weighted by atomic mass is 16.2. The Morgan fingerprint density at radius 1 is 0.960 bits per heavy atom. The number of amides is 2. The fourth-order valence-electron chi connectivity index (χ4n) is 2.74. The Labute approximate surface area is 146 Å². The van der Waals surface area contributed by atoms with Crippen molar-refractivity contribution in [3.63, 3.8) is 0 Å². The number of benzene rings is 2. The molecule has 0 aliphatic rings. The highest BCUT2D eigenvalue weighted by Gasteiger charge is 2.13. The molecule has 5 heteroatoms. The largest absolute Gasteiger partial charge is 0.355 e. The minimum Gasteiger partial charge on any atom is -0.355 e. The molecule has 25 heavy (non-hydrogen) atoms. The standard InChI is InChI=1S/C20H19N3O2/c1-12-7-8-18-16(9-12)17(10-13(2)22-18)20(25)23-15-6-4-5-14(11-15)19(24)21-3/h4-11H,1-3H3,(H,21,24)(H,23,25). The van der Waals surface area contributed by atoms with Gasteiger partial charge < -0.3 is 10.6 Å². The van der Waals surface area contributed by atoms with Crippen LogP contribution in [0.3, 0.4) is 0 Å². The molecule has 3 aromatic rings. The van der Waals surface area contributed by atoms with Gasteiger partial charge >= 0.3 is 0 Å². The van der Waals surface area contributed by atoms with Gasteiger partial charge in [0.15, 0.2) is 0 Å². The van der Waals surface area contributed by atoms with Crippen molar-refractivity contribution < 1.29 is 9.59 Å². The second-order valence-electron chi connectivity index (χ2n) is 5.95. The first kappa shape index (κ1) is 16.6. The van der Waals surface area contributed by atoms with Gasteiger partial charge in [-0.3, -0.25) is 14.6 Å². The van der Waals surface area contributed by atoms with E-state index in [0.29, 0.717) is 16.8 Å². The van der Waals surface area contributed by atoms with Crippen molar-refractivity contribution in [2.24, 2.45) is 0 Å². The van der Waals surface area contributed by atoms with E-state index >= 15 is 0 Å². The summed E-state index contributed by atoms with van der Waals surface area (Å²) in [5.74, 6) is -0.424. The molecule has 0 spiro atoms. The Balaban J connectivity index is 1.98. The second-order valence-corrected chi connectivity index (χ2v) is 5.95. The van der Waals surface area contributed by atoms with E-state index in [1.54, 1.807) is 37.4 Å². The van der Waals surface area contributed by atoms with Crippen molar-refractivity contribution in [2.45, 2.75) is 13.8 Å². The van der Waals surface area contributed by atoms with Gasteiger partial charge in [-0.05, 0) is 50.2 Å². The lowest BCUT2D eigenvalue weighted by atomic mass is 10.0. The number of hydrogen-bond donors (Lipinski definition) is 2. The van der Waals surface area contributed by atoms with Crippen LogP contribution in [0, 0.1) is 13.8 Å². The van der Waals surface area contributed by atoms with Crippen molar-refractivity contribution in [2.75, 3.05) is 12.4 Å². The summed E-state index contributed by atoms with van der Waals surface area (Å²) >= 11 is 0. The maximum absolute atomic E-state index is 12.8. The highest BCUT2D eigenvalue weighted by Crippen LogP contribution is 2.21. The molecule has 0 atom stereocenters. The molecule has 3 rings (SSSR count). The number of aromatic nitrogens is 1. The summed E-state index contributed by atoms with van der Waals surface area (Å²) < 4.78 is 0. The first-order valence-corrected chi connectivity index (χ1v) is 7.99. The number of rotatable bonds is 3. The monoisotopic (exact) mass is 333 g/mol. The van der Waals surface area contributed by atoms with E-state index in [1.165, 1.54) is 0 Å². The molecule has 126 valence electrons. The quantitative estimate of drug-likeness (QED) is 0.771. The number of fused-ring (bicyclic) bond motifs is 1. The zero-order valence-electron chi connectivity index (χ0n) is 14.4. The molecule has 0 aliphatic heterocycles. The molecule has 1 aromatic heterocycles. The van der Waals surface area contributed by atoms with Crippen LogP contribution in [0.15, 0.2) is 48.5 Å². The highest BCUT2D eigenvalue weighted by molar-refractivity contribution is 6.12. The van der Waals surface area contributed by atoms with Gasteiger partial charge in [0.1, 0.15) is 0 Å². The summed E-state index contributed by atoms with van der Waals surface area (Å²) in [6.45, 7) is 3.84. The van der Waals surface area contributed by atoms with Crippen LogP contribution in [-0.4, -0.2) is 23.8 Å². The van der Waals surface area contributed by atoms with Gasteiger partial charge in [-0.1, -0.05) is 17.7 Å². The summed E-state index contributed by atoms with van der Waals surface area (Å²) in [7, 11) is 1.57. The molecule has 0 bridgehead atoms. The zero-order chi connectivity index (χ0) is 18.0. The van der Waals surface area contributed by atoms with Gasteiger partial charge in [-0.15, -0.1) is 0 Å². The van der Waals surface area contributed by atoms with Crippen LogP contribution in [0.5, 0.6) is 0 Å². The molecule has 0 aliphatic carbocycles. The minimum atomic E-state index is -0.227. The van der Waals surface area contributed by atoms with Crippen molar-refractivity contribution in [3.8, 4) is 0 Å². The average molecular weight is 333 g/mol. The molecule has 0 unspecified atom stereocenters. The lowest BCUT2D eigenvalue weighted by molar-refractivity contribution is 0.0961. The number of aryl methyl sites for hydroxylation is 2. The Kier molecular flexibility index (Phi) is 4.48. The van der Waals surface area contributed by atoms with E-state index in [9.17, 15) is 9.59 Å². The van der Waals surface area contributed by atoms with Crippen LogP contribution in [0.4, 0.5) is 5.69 Å². The molecular weight excluding hydrogens is 314 g/mol. The van der Waals surface area contributed by atoms with Gasteiger partial charge in [0.25, 0.3) is 11.8 Å². The summed E-state index contributed by atoms with van der Waals surface area (Å²) in [4.78, 5) is 29.0. The van der Waals surface area contributed by atoms with Crippen LogP contribution < -0.4 is 10.6 Å².